The fraction of sp³-hybridized carbons (Fsp3) is 0.208. The summed E-state index contributed by atoms with van der Waals surface area (Å²) in [7, 11) is 0. The van der Waals surface area contributed by atoms with Crippen LogP contribution in [-0.2, 0) is 11.3 Å². The maximum atomic E-state index is 12.8. The van der Waals surface area contributed by atoms with E-state index in [1.165, 1.54) is 47.2 Å². The fourth-order valence-electron chi connectivity index (χ4n) is 3.08. The molecule has 0 fully saturated rings. The van der Waals surface area contributed by atoms with Gasteiger partial charge in [0.25, 0.3) is 17.2 Å². The SMILES string of the molecule is CCCCOC(=O)c1ccc(NC(=O)c2cccn(Cc3cccc([N+](=O)[O-])c3)c2=O)cc1. The Kier molecular flexibility index (Phi) is 7.69. The molecule has 0 radical (unpaired) electrons. The van der Waals surface area contributed by atoms with Crippen LogP contribution in [0.3, 0.4) is 0 Å². The zero-order chi connectivity index (χ0) is 23.8. The second-order valence-corrected chi connectivity index (χ2v) is 7.30. The summed E-state index contributed by atoms with van der Waals surface area (Å²) in [4.78, 5) is 47.9. The van der Waals surface area contributed by atoms with E-state index in [-0.39, 0.29) is 17.8 Å². The Morgan fingerprint density at radius 3 is 2.55 bits per heavy atom. The average molecular weight is 449 g/mol. The first-order valence-electron chi connectivity index (χ1n) is 10.4. The van der Waals surface area contributed by atoms with Gasteiger partial charge in [0.1, 0.15) is 5.56 Å². The molecule has 3 aromatic rings. The summed E-state index contributed by atoms with van der Waals surface area (Å²) in [5, 5.41) is 13.6. The topological polar surface area (TPSA) is 121 Å². The number of amides is 1. The molecule has 1 amide bonds. The van der Waals surface area contributed by atoms with Crippen molar-refractivity contribution >= 4 is 23.3 Å². The van der Waals surface area contributed by atoms with Crippen LogP contribution in [0.5, 0.6) is 0 Å². The Hall–Kier alpha value is -4.27. The Balaban J connectivity index is 1.71. The first-order chi connectivity index (χ1) is 15.9. The van der Waals surface area contributed by atoms with Gasteiger partial charge in [-0.05, 0) is 48.4 Å². The number of esters is 1. The number of nitrogens with one attached hydrogen (secondary N) is 1. The minimum Gasteiger partial charge on any atom is -0.462 e. The second kappa shape index (κ2) is 10.9. The van der Waals surface area contributed by atoms with Gasteiger partial charge in [-0.25, -0.2) is 4.79 Å². The summed E-state index contributed by atoms with van der Waals surface area (Å²) >= 11 is 0. The molecule has 0 bridgehead atoms. The number of rotatable bonds is 9. The molecule has 0 saturated heterocycles. The Labute approximate surface area is 189 Å². The molecule has 0 spiro atoms. The van der Waals surface area contributed by atoms with Gasteiger partial charge in [0.15, 0.2) is 0 Å². The fourth-order valence-corrected chi connectivity index (χ4v) is 3.08. The first kappa shape index (κ1) is 23.4. The molecule has 1 heterocycles. The number of aromatic nitrogens is 1. The van der Waals surface area contributed by atoms with Gasteiger partial charge in [0, 0.05) is 24.0 Å². The van der Waals surface area contributed by atoms with Crippen molar-refractivity contribution in [2.45, 2.75) is 26.3 Å². The normalized spacial score (nSPS) is 10.5. The number of hydrogen-bond acceptors (Lipinski definition) is 6. The number of pyridine rings is 1. The first-order valence-corrected chi connectivity index (χ1v) is 10.4. The highest BCUT2D eigenvalue weighted by atomic mass is 16.6. The highest BCUT2D eigenvalue weighted by Crippen LogP contribution is 2.14. The summed E-state index contributed by atoms with van der Waals surface area (Å²) in [6.45, 7) is 2.43. The lowest BCUT2D eigenvalue weighted by atomic mass is 10.2. The van der Waals surface area contributed by atoms with Crippen LogP contribution in [-0.4, -0.2) is 28.0 Å². The summed E-state index contributed by atoms with van der Waals surface area (Å²) in [5.41, 5.74) is 0.655. The zero-order valence-corrected chi connectivity index (χ0v) is 18.0. The van der Waals surface area contributed by atoms with Crippen molar-refractivity contribution < 1.29 is 19.2 Å². The van der Waals surface area contributed by atoms with Gasteiger partial charge in [-0.3, -0.25) is 19.7 Å². The average Bonchev–Trinajstić information content (AvgIpc) is 2.81. The van der Waals surface area contributed by atoms with E-state index in [0.29, 0.717) is 23.4 Å². The van der Waals surface area contributed by atoms with Gasteiger partial charge in [-0.1, -0.05) is 25.5 Å². The van der Waals surface area contributed by atoms with Crippen molar-refractivity contribution in [1.82, 2.24) is 4.57 Å². The van der Waals surface area contributed by atoms with Crippen LogP contribution in [0, 0.1) is 10.1 Å². The number of unbranched alkanes of at least 4 members (excludes halogenated alkanes) is 1. The lowest BCUT2D eigenvalue weighted by Crippen LogP contribution is -2.29. The standard InChI is InChI=1S/C24H23N3O6/c1-2-3-14-33-24(30)18-9-11-19(12-10-18)25-22(28)21-8-5-13-26(23(21)29)16-17-6-4-7-20(15-17)27(31)32/h4-13,15H,2-3,14,16H2,1H3,(H,25,28). The number of carbonyl (C=O) groups is 2. The molecule has 9 nitrogen and oxygen atoms in total. The number of non-ortho nitro benzene ring substituents is 1. The van der Waals surface area contributed by atoms with E-state index >= 15 is 0 Å². The summed E-state index contributed by atoms with van der Waals surface area (Å²) < 4.78 is 6.46. The molecule has 1 N–H and O–H groups in total. The molecule has 0 unspecified atom stereocenters. The third-order valence-corrected chi connectivity index (χ3v) is 4.85. The molecule has 33 heavy (non-hydrogen) atoms. The van der Waals surface area contributed by atoms with Gasteiger partial charge in [0.2, 0.25) is 0 Å². The monoisotopic (exact) mass is 449 g/mol. The number of nitro groups is 1. The van der Waals surface area contributed by atoms with E-state index in [1.54, 1.807) is 24.3 Å². The number of nitrogens with zero attached hydrogens (tertiary/aromatic N) is 2. The van der Waals surface area contributed by atoms with E-state index in [1.807, 2.05) is 6.92 Å². The van der Waals surface area contributed by atoms with Crippen LogP contribution in [0.4, 0.5) is 11.4 Å². The number of ether oxygens (including phenoxy) is 1. The number of hydrogen-bond donors (Lipinski definition) is 1. The van der Waals surface area contributed by atoms with E-state index in [2.05, 4.69) is 5.32 Å². The van der Waals surface area contributed by atoms with Crippen LogP contribution in [0.1, 0.15) is 46.0 Å². The quantitative estimate of drug-likeness (QED) is 0.228. The van der Waals surface area contributed by atoms with Crippen LogP contribution < -0.4 is 10.9 Å². The van der Waals surface area contributed by atoms with Gasteiger partial charge < -0.3 is 14.6 Å². The van der Waals surface area contributed by atoms with Crippen molar-refractivity contribution in [3.05, 3.63) is 104 Å². The number of carbonyl (C=O) groups excluding carboxylic acids is 2. The van der Waals surface area contributed by atoms with Crippen LogP contribution >= 0.6 is 0 Å². The van der Waals surface area contributed by atoms with Crippen LogP contribution in [0.25, 0.3) is 0 Å². The molecule has 0 aliphatic carbocycles. The molecule has 3 rings (SSSR count). The third-order valence-electron chi connectivity index (χ3n) is 4.85. The third kappa shape index (κ3) is 6.13. The molecule has 1 aromatic heterocycles. The molecular weight excluding hydrogens is 426 g/mol. The zero-order valence-electron chi connectivity index (χ0n) is 18.0. The highest BCUT2D eigenvalue weighted by molar-refractivity contribution is 6.04. The van der Waals surface area contributed by atoms with Crippen molar-refractivity contribution in [3.8, 4) is 0 Å². The van der Waals surface area contributed by atoms with E-state index in [4.69, 9.17) is 4.74 Å². The molecular formula is C24H23N3O6. The van der Waals surface area contributed by atoms with Crippen molar-refractivity contribution in [2.24, 2.45) is 0 Å². The minimum absolute atomic E-state index is 0.0767. The molecule has 9 heteroatoms. The van der Waals surface area contributed by atoms with E-state index in [9.17, 15) is 24.5 Å². The number of nitro benzene ring substituents is 1. The maximum Gasteiger partial charge on any atom is 0.338 e. The highest BCUT2D eigenvalue weighted by Gasteiger charge is 2.14. The Morgan fingerprint density at radius 1 is 1.09 bits per heavy atom. The molecule has 170 valence electrons. The summed E-state index contributed by atoms with van der Waals surface area (Å²) in [6, 6.07) is 15.1. The molecule has 0 aliphatic rings. The van der Waals surface area contributed by atoms with E-state index < -0.39 is 22.4 Å². The number of benzene rings is 2. The minimum atomic E-state index is -0.605. The molecule has 0 aliphatic heterocycles. The second-order valence-electron chi connectivity index (χ2n) is 7.30. The van der Waals surface area contributed by atoms with Crippen LogP contribution in [0.2, 0.25) is 0 Å². The lowest BCUT2D eigenvalue weighted by molar-refractivity contribution is -0.384. The van der Waals surface area contributed by atoms with Crippen molar-refractivity contribution in [2.75, 3.05) is 11.9 Å². The Bertz CT molecular complexity index is 1220. The van der Waals surface area contributed by atoms with Crippen LogP contribution in [0.15, 0.2) is 71.7 Å². The lowest BCUT2D eigenvalue weighted by Gasteiger charge is -2.10. The predicted molar refractivity (Wildman–Crippen MR) is 122 cm³/mol. The summed E-state index contributed by atoms with van der Waals surface area (Å²) in [5.74, 6) is -1.04. The smallest absolute Gasteiger partial charge is 0.338 e. The van der Waals surface area contributed by atoms with Gasteiger partial charge >= 0.3 is 5.97 Å². The Morgan fingerprint density at radius 2 is 1.85 bits per heavy atom. The van der Waals surface area contributed by atoms with E-state index in [0.717, 1.165) is 12.8 Å². The van der Waals surface area contributed by atoms with Crippen molar-refractivity contribution in [1.29, 1.82) is 0 Å². The predicted octanol–water partition coefficient (Wildman–Crippen LogP) is 4.01. The number of anilines is 1. The summed E-state index contributed by atoms with van der Waals surface area (Å²) in [6.07, 6.45) is 3.22. The maximum absolute atomic E-state index is 12.8. The molecule has 0 atom stereocenters. The van der Waals surface area contributed by atoms with Gasteiger partial charge in [0.05, 0.1) is 23.6 Å². The molecule has 2 aromatic carbocycles. The van der Waals surface area contributed by atoms with Crippen molar-refractivity contribution in [3.63, 3.8) is 0 Å². The molecule has 0 saturated carbocycles. The van der Waals surface area contributed by atoms with Gasteiger partial charge in [-0.15, -0.1) is 0 Å². The largest absolute Gasteiger partial charge is 0.462 e. The van der Waals surface area contributed by atoms with Gasteiger partial charge in [-0.2, -0.15) is 0 Å².